The van der Waals surface area contributed by atoms with Crippen LogP contribution in [-0.2, 0) is 0 Å². The molecule has 4 aromatic rings. The summed E-state index contributed by atoms with van der Waals surface area (Å²) in [5.74, 6) is 0. The van der Waals surface area contributed by atoms with Crippen molar-refractivity contribution in [1.82, 2.24) is 15.0 Å². The summed E-state index contributed by atoms with van der Waals surface area (Å²) in [6, 6.07) is 23.2. The summed E-state index contributed by atoms with van der Waals surface area (Å²) in [6.45, 7) is 1.88. The highest BCUT2D eigenvalue weighted by Crippen LogP contribution is 2.44. The summed E-state index contributed by atoms with van der Waals surface area (Å²) >= 11 is 7.26. The summed E-state index contributed by atoms with van der Waals surface area (Å²) < 4.78 is 0. The molecule has 7 nitrogen and oxygen atoms in total. The third-order valence-corrected chi connectivity index (χ3v) is 6.56. The van der Waals surface area contributed by atoms with E-state index in [1.165, 1.54) is 11.3 Å². The molecular formula is C25H16ClN7S. The number of para-hydroxylation sites is 2. The molecule has 0 saturated heterocycles. The molecule has 3 aromatic carbocycles. The number of benzene rings is 3. The van der Waals surface area contributed by atoms with Crippen molar-refractivity contribution >= 4 is 66.3 Å². The zero-order valence-electron chi connectivity index (χ0n) is 17.9. The van der Waals surface area contributed by atoms with Crippen LogP contribution >= 0.6 is 22.9 Å². The lowest BCUT2D eigenvalue weighted by Crippen LogP contribution is -1.89. The van der Waals surface area contributed by atoms with Crippen LogP contribution in [0.2, 0.25) is 5.02 Å². The van der Waals surface area contributed by atoms with Gasteiger partial charge < -0.3 is 4.98 Å². The second-order valence-corrected chi connectivity index (χ2v) is 9.03. The van der Waals surface area contributed by atoms with Gasteiger partial charge in [-0.25, -0.2) is 9.97 Å². The maximum Gasteiger partial charge on any atom is 0.232 e. The Morgan fingerprint density at radius 1 is 0.794 bits per heavy atom. The van der Waals surface area contributed by atoms with Gasteiger partial charge in [-0.3, -0.25) is 0 Å². The Bertz CT molecular complexity index is 1680. The lowest BCUT2D eigenvalue weighted by atomic mass is 10.2. The maximum atomic E-state index is 5.93. The molecule has 1 aliphatic carbocycles. The third-order valence-electron chi connectivity index (χ3n) is 5.39. The molecule has 0 radical (unpaired) electrons. The topological polar surface area (TPSA) is 91.0 Å². The monoisotopic (exact) mass is 481 g/mol. The first-order valence-electron chi connectivity index (χ1n) is 10.5. The number of halogens is 1. The summed E-state index contributed by atoms with van der Waals surface area (Å²) in [5, 5.41) is 21.5. The standard InChI is InChI=1S/C25H16ClN7S/c1-14-24(32-30-16-12-10-15(26)11-13-16)34-25(27-14)33-31-22-18-7-3-2-6-17(18)21-23(22)29-20-9-5-4-8-19(20)28-21/h2-13,29H,1H3. The molecule has 0 amide bonds. The van der Waals surface area contributed by atoms with E-state index >= 15 is 0 Å². The van der Waals surface area contributed by atoms with Gasteiger partial charge in [-0.2, -0.15) is 0 Å². The Hall–Kier alpha value is -4.01. The number of nitrogens with one attached hydrogen (secondary N) is 1. The second kappa shape index (κ2) is 8.40. The van der Waals surface area contributed by atoms with E-state index in [1.54, 1.807) is 12.1 Å². The van der Waals surface area contributed by atoms with Crippen LogP contribution < -0.4 is 0 Å². The van der Waals surface area contributed by atoms with Gasteiger partial charge in [-0.15, -0.1) is 20.5 Å². The number of thiazole rings is 1. The van der Waals surface area contributed by atoms with Crippen LogP contribution in [0.5, 0.6) is 0 Å². The molecule has 34 heavy (non-hydrogen) atoms. The minimum atomic E-state index is 0.509. The SMILES string of the molecule is Cc1nc(N=Nc2c3[nH]c4ccccc4nc-3c3ccccc23)sc1N=Nc1ccc(Cl)cc1. The number of aryl methyl sites for hydroxylation is 1. The van der Waals surface area contributed by atoms with E-state index in [4.69, 9.17) is 16.6 Å². The third kappa shape index (κ3) is 3.72. The van der Waals surface area contributed by atoms with Crippen molar-refractivity contribution < 1.29 is 0 Å². The number of nitrogens with zero attached hydrogens (tertiary/aromatic N) is 6. The van der Waals surface area contributed by atoms with Gasteiger partial charge in [0, 0.05) is 15.8 Å². The lowest BCUT2D eigenvalue weighted by molar-refractivity contribution is 1.15. The van der Waals surface area contributed by atoms with Gasteiger partial charge in [0.05, 0.1) is 33.8 Å². The highest BCUT2D eigenvalue weighted by Gasteiger charge is 2.20. The molecular weight excluding hydrogens is 466 g/mol. The highest BCUT2D eigenvalue weighted by molar-refractivity contribution is 7.19. The normalized spacial score (nSPS) is 12.2. The van der Waals surface area contributed by atoms with Crippen molar-refractivity contribution in [3.63, 3.8) is 0 Å². The average Bonchev–Trinajstić information content (AvgIpc) is 3.37. The van der Waals surface area contributed by atoms with Crippen molar-refractivity contribution in [2.75, 3.05) is 0 Å². The quantitative estimate of drug-likeness (QED) is 0.254. The Labute approximate surface area is 203 Å². The number of rotatable bonds is 4. The van der Waals surface area contributed by atoms with Gasteiger partial charge in [-0.1, -0.05) is 59.3 Å². The molecule has 0 bridgehead atoms. The number of fused-ring (bicyclic) bond motifs is 4. The van der Waals surface area contributed by atoms with E-state index in [0.29, 0.717) is 20.8 Å². The average molecular weight is 482 g/mol. The largest absolute Gasteiger partial charge is 0.350 e. The van der Waals surface area contributed by atoms with Gasteiger partial charge in [0.25, 0.3) is 0 Å². The smallest absolute Gasteiger partial charge is 0.232 e. The molecule has 0 spiro atoms. The van der Waals surface area contributed by atoms with Crippen molar-refractivity contribution in [2.45, 2.75) is 6.92 Å². The Morgan fingerprint density at radius 3 is 2.41 bits per heavy atom. The summed E-state index contributed by atoms with van der Waals surface area (Å²) in [5.41, 5.74) is 5.76. The van der Waals surface area contributed by atoms with Crippen LogP contribution in [0, 0.1) is 6.92 Å². The summed E-state index contributed by atoms with van der Waals surface area (Å²) in [6.07, 6.45) is 0. The van der Waals surface area contributed by atoms with Gasteiger partial charge in [-0.05, 0) is 43.3 Å². The minimum Gasteiger partial charge on any atom is -0.350 e. The molecule has 0 saturated carbocycles. The molecule has 164 valence electrons. The summed E-state index contributed by atoms with van der Waals surface area (Å²) in [7, 11) is 0. The molecule has 0 fully saturated rings. The number of H-pyrrole nitrogens is 1. The van der Waals surface area contributed by atoms with Crippen molar-refractivity contribution in [3.8, 4) is 11.4 Å². The van der Waals surface area contributed by atoms with Crippen molar-refractivity contribution in [1.29, 1.82) is 0 Å². The van der Waals surface area contributed by atoms with E-state index < -0.39 is 0 Å². The molecule has 2 heterocycles. The molecule has 0 atom stereocenters. The summed E-state index contributed by atoms with van der Waals surface area (Å²) in [4.78, 5) is 12.9. The first-order chi connectivity index (χ1) is 16.7. The second-order valence-electron chi connectivity index (χ2n) is 7.64. The number of aromatic amines is 1. The number of hydrogen-bond acceptors (Lipinski definition) is 7. The first kappa shape index (κ1) is 20.6. The van der Waals surface area contributed by atoms with Crippen LogP contribution in [0.25, 0.3) is 33.2 Å². The van der Waals surface area contributed by atoms with E-state index in [-0.39, 0.29) is 0 Å². The number of hydrogen-bond donors (Lipinski definition) is 1. The zero-order chi connectivity index (χ0) is 23.1. The predicted octanol–water partition coefficient (Wildman–Crippen LogP) is 9.07. The fraction of sp³-hybridized carbons (Fsp3) is 0.0400. The fourth-order valence-electron chi connectivity index (χ4n) is 3.76. The Morgan fingerprint density at radius 2 is 1.56 bits per heavy atom. The molecule has 1 N–H and O–H groups in total. The van der Waals surface area contributed by atoms with Crippen LogP contribution in [0.4, 0.5) is 21.5 Å². The van der Waals surface area contributed by atoms with Crippen LogP contribution in [0.3, 0.4) is 0 Å². The van der Waals surface area contributed by atoms with E-state index in [1.807, 2.05) is 61.5 Å². The molecule has 9 heteroatoms. The van der Waals surface area contributed by atoms with Crippen molar-refractivity contribution in [2.24, 2.45) is 20.5 Å². The predicted molar refractivity (Wildman–Crippen MR) is 137 cm³/mol. The molecule has 1 aliphatic heterocycles. The molecule has 6 rings (SSSR count). The van der Waals surface area contributed by atoms with Gasteiger partial charge >= 0.3 is 0 Å². The Balaban J connectivity index is 1.39. The van der Waals surface area contributed by atoms with E-state index in [9.17, 15) is 0 Å². The lowest BCUT2D eigenvalue weighted by Gasteiger charge is -2.04. The fourth-order valence-corrected chi connectivity index (χ4v) is 4.60. The van der Waals surface area contributed by atoms with E-state index in [0.717, 1.165) is 44.6 Å². The van der Waals surface area contributed by atoms with Gasteiger partial charge in [0.2, 0.25) is 5.13 Å². The Kier molecular flexibility index (Phi) is 5.09. The van der Waals surface area contributed by atoms with Crippen LogP contribution in [0.15, 0.2) is 93.3 Å². The molecule has 0 unspecified atom stereocenters. The van der Waals surface area contributed by atoms with Gasteiger partial charge in [0.15, 0.2) is 5.00 Å². The van der Waals surface area contributed by atoms with Gasteiger partial charge in [0.1, 0.15) is 5.69 Å². The minimum absolute atomic E-state index is 0.509. The number of azo groups is 2. The van der Waals surface area contributed by atoms with E-state index in [2.05, 4.69) is 36.5 Å². The molecule has 2 aliphatic rings. The first-order valence-corrected chi connectivity index (χ1v) is 11.7. The highest BCUT2D eigenvalue weighted by atomic mass is 35.5. The zero-order valence-corrected chi connectivity index (χ0v) is 19.5. The number of aromatic nitrogens is 3. The maximum absolute atomic E-state index is 5.93. The van der Waals surface area contributed by atoms with Crippen LogP contribution in [0.1, 0.15) is 5.69 Å². The van der Waals surface area contributed by atoms with Crippen molar-refractivity contribution in [3.05, 3.63) is 83.5 Å². The van der Waals surface area contributed by atoms with Crippen LogP contribution in [-0.4, -0.2) is 15.0 Å². The molecule has 1 aromatic heterocycles.